The molecule has 1 aromatic carbocycles. The number of amides is 1. The van der Waals surface area contributed by atoms with Gasteiger partial charge in [-0.2, -0.15) is 0 Å². The molecule has 0 spiro atoms. The molecule has 76 valence electrons. The third-order valence-corrected chi connectivity index (χ3v) is 1.94. The van der Waals surface area contributed by atoms with E-state index in [1.807, 2.05) is 19.1 Å². The predicted molar refractivity (Wildman–Crippen MR) is 53.5 cm³/mol. The fourth-order valence-electron chi connectivity index (χ4n) is 1.30. The van der Waals surface area contributed by atoms with Crippen molar-refractivity contribution in [3.63, 3.8) is 0 Å². The van der Waals surface area contributed by atoms with Gasteiger partial charge in [-0.25, -0.2) is 5.84 Å². The summed E-state index contributed by atoms with van der Waals surface area (Å²) in [4.78, 5) is 11.3. The van der Waals surface area contributed by atoms with Gasteiger partial charge in [0.2, 0.25) is 0 Å². The number of nitrogen functional groups attached to an aromatic ring is 1. The number of hydrogen-bond donors (Lipinski definition) is 2. The van der Waals surface area contributed by atoms with Gasteiger partial charge in [-0.3, -0.25) is 10.2 Å². The molecule has 0 heterocycles. The Balaban J connectivity index is 3.07. The molecular formula is C10H14N2O2. The highest BCUT2D eigenvalue weighted by atomic mass is 16.5. The minimum Gasteiger partial charge on any atom is -0.380 e. The van der Waals surface area contributed by atoms with Crippen molar-refractivity contribution in [1.29, 1.82) is 0 Å². The highest BCUT2D eigenvalue weighted by molar-refractivity contribution is 5.95. The third kappa shape index (κ3) is 2.31. The molecule has 0 aromatic heterocycles. The number of hydrogen-bond acceptors (Lipinski definition) is 3. The molecule has 1 aromatic rings. The molecule has 4 heteroatoms. The average molecular weight is 194 g/mol. The van der Waals surface area contributed by atoms with E-state index in [-0.39, 0.29) is 5.91 Å². The Morgan fingerprint density at radius 1 is 1.57 bits per heavy atom. The highest BCUT2D eigenvalue weighted by Gasteiger charge is 2.09. The molecular weight excluding hydrogens is 180 g/mol. The quantitative estimate of drug-likeness (QED) is 0.424. The van der Waals surface area contributed by atoms with Gasteiger partial charge in [-0.05, 0) is 18.6 Å². The van der Waals surface area contributed by atoms with E-state index in [4.69, 9.17) is 10.6 Å². The van der Waals surface area contributed by atoms with Crippen LogP contribution >= 0.6 is 0 Å². The molecule has 0 aliphatic carbocycles. The van der Waals surface area contributed by atoms with E-state index in [9.17, 15) is 4.79 Å². The van der Waals surface area contributed by atoms with Crippen molar-refractivity contribution >= 4 is 5.91 Å². The van der Waals surface area contributed by atoms with Crippen molar-refractivity contribution in [3.8, 4) is 0 Å². The fourth-order valence-corrected chi connectivity index (χ4v) is 1.30. The molecule has 0 radical (unpaired) electrons. The van der Waals surface area contributed by atoms with E-state index in [0.29, 0.717) is 12.2 Å². The first-order chi connectivity index (χ1) is 6.69. The minimum absolute atomic E-state index is 0.294. The summed E-state index contributed by atoms with van der Waals surface area (Å²) in [5.74, 6) is 4.77. The summed E-state index contributed by atoms with van der Waals surface area (Å²) < 4.78 is 5.00. The van der Waals surface area contributed by atoms with E-state index in [2.05, 4.69) is 5.43 Å². The maximum atomic E-state index is 11.3. The number of ether oxygens (including phenoxy) is 1. The average Bonchev–Trinajstić information content (AvgIpc) is 2.17. The van der Waals surface area contributed by atoms with E-state index in [1.165, 1.54) is 0 Å². The molecule has 1 rings (SSSR count). The summed E-state index contributed by atoms with van der Waals surface area (Å²) in [6.45, 7) is 2.37. The number of rotatable bonds is 3. The Kier molecular flexibility index (Phi) is 3.62. The summed E-state index contributed by atoms with van der Waals surface area (Å²) in [5, 5.41) is 0. The van der Waals surface area contributed by atoms with Crippen LogP contribution in [0.15, 0.2) is 18.2 Å². The van der Waals surface area contributed by atoms with E-state index >= 15 is 0 Å². The number of nitrogens with one attached hydrogen (secondary N) is 1. The van der Waals surface area contributed by atoms with Gasteiger partial charge in [0, 0.05) is 12.7 Å². The second kappa shape index (κ2) is 4.74. The van der Waals surface area contributed by atoms with Gasteiger partial charge in [0.1, 0.15) is 0 Å². The number of benzene rings is 1. The van der Waals surface area contributed by atoms with Crippen LogP contribution in [-0.4, -0.2) is 13.0 Å². The summed E-state index contributed by atoms with van der Waals surface area (Å²) in [6, 6.07) is 5.52. The topological polar surface area (TPSA) is 64.3 Å². The monoisotopic (exact) mass is 194 g/mol. The molecule has 0 unspecified atom stereocenters. The summed E-state index contributed by atoms with van der Waals surface area (Å²) in [5.41, 5.74) is 4.59. The minimum atomic E-state index is -0.294. The zero-order chi connectivity index (χ0) is 10.6. The first-order valence-electron chi connectivity index (χ1n) is 4.28. The standard InChI is InChI=1S/C10H14N2O2/c1-7-3-4-9(10(13)12-11)8(5-7)6-14-2/h3-5H,6,11H2,1-2H3,(H,12,13). The van der Waals surface area contributed by atoms with Crippen LogP contribution in [-0.2, 0) is 11.3 Å². The fraction of sp³-hybridized carbons (Fsp3) is 0.300. The number of methoxy groups -OCH3 is 1. The zero-order valence-corrected chi connectivity index (χ0v) is 8.33. The maximum absolute atomic E-state index is 11.3. The maximum Gasteiger partial charge on any atom is 0.265 e. The van der Waals surface area contributed by atoms with Gasteiger partial charge >= 0.3 is 0 Å². The Labute approximate surface area is 83.0 Å². The molecule has 0 aliphatic heterocycles. The zero-order valence-electron chi connectivity index (χ0n) is 8.33. The smallest absolute Gasteiger partial charge is 0.265 e. The lowest BCUT2D eigenvalue weighted by Gasteiger charge is -2.08. The summed E-state index contributed by atoms with van der Waals surface area (Å²) in [7, 11) is 1.59. The molecule has 0 atom stereocenters. The Hall–Kier alpha value is -1.39. The molecule has 4 nitrogen and oxygen atoms in total. The summed E-state index contributed by atoms with van der Waals surface area (Å²) in [6.07, 6.45) is 0. The van der Waals surface area contributed by atoms with Crippen molar-refractivity contribution in [3.05, 3.63) is 34.9 Å². The second-order valence-electron chi connectivity index (χ2n) is 3.07. The van der Waals surface area contributed by atoms with Crippen molar-refractivity contribution in [2.75, 3.05) is 7.11 Å². The first-order valence-corrected chi connectivity index (χ1v) is 4.28. The molecule has 14 heavy (non-hydrogen) atoms. The van der Waals surface area contributed by atoms with E-state index < -0.39 is 0 Å². The van der Waals surface area contributed by atoms with E-state index in [0.717, 1.165) is 11.1 Å². The predicted octanol–water partition coefficient (Wildman–Crippen LogP) is 0.745. The van der Waals surface area contributed by atoms with Crippen molar-refractivity contribution in [2.45, 2.75) is 13.5 Å². The van der Waals surface area contributed by atoms with Gasteiger partial charge < -0.3 is 4.74 Å². The van der Waals surface area contributed by atoms with Gasteiger partial charge in [-0.15, -0.1) is 0 Å². The number of nitrogens with two attached hydrogens (primary N) is 1. The number of carbonyl (C=O) groups excluding carboxylic acids is 1. The second-order valence-corrected chi connectivity index (χ2v) is 3.07. The normalized spacial score (nSPS) is 9.93. The molecule has 0 saturated carbocycles. The van der Waals surface area contributed by atoms with Crippen molar-refractivity contribution in [1.82, 2.24) is 5.43 Å². The van der Waals surface area contributed by atoms with Gasteiger partial charge in [0.25, 0.3) is 5.91 Å². The molecule has 3 N–H and O–H groups in total. The Morgan fingerprint density at radius 2 is 2.29 bits per heavy atom. The van der Waals surface area contributed by atoms with Crippen LogP contribution in [0.5, 0.6) is 0 Å². The molecule has 0 fully saturated rings. The van der Waals surface area contributed by atoms with Crippen LogP contribution in [0.25, 0.3) is 0 Å². The molecule has 1 amide bonds. The number of hydrazine groups is 1. The number of carbonyl (C=O) groups is 1. The SMILES string of the molecule is COCc1cc(C)ccc1C(=O)NN. The largest absolute Gasteiger partial charge is 0.380 e. The number of aryl methyl sites for hydroxylation is 1. The van der Waals surface area contributed by atoms with Crippen LogP contribution in [0.2, 0.25) is 0 Å². The van der Waals surface area contributed by atoms with Crippen LogP contribution in [0.4, 0.5) is 0 Å². The van der Waals surface area contributed by atoms with Gasteiger partial charge in [0.15, 0.2) is 0 Å². The molecule has 0 saturated heterocycles. The Bertz CT molecular complexity index is 337. The lowest BCUT2D eigenvalue weighted by atomic mass is 10.0. The lowest BCUT2D eigenvalue weighted by Crippen LogP contribution is -2.30. The third-order valence-electron chi connectivity index (χ3n) is 1.94. The van der Waals surface area contributed by atoms with Crippen LogP contribution < -0.4 is 11.3 Å². The van der Waals surface area contributed by atoms with Gasteiger partial charge in [0.05, 0.1) is 6.61 Å². The Morgan fingerprint density at radius 3 is 2.86 bits per heavy atom. The lowest BCUT2D eigenvalue weighted by molar-refractivity contribution is 0.0948. The van der Waals surface area contributed by atoms with E-state index in [1.54, 1.807) is 13.2 Å². The highest BCUT2D eigenvalue weighted by Crippen LogP contribution is 2.12. The molecule has 0 aliphatic rings. The van der Waals surface area contributed by atoms with Crippen molar-refractivity contribution < 1.29 is 9.53 Å². The van der Waals surface area contributed by atoms with Crippen LogP contribution in [0, 0.1) is 6.92 Å². The van der Waals surface area contributed by atoms with Crippen molar-refractivity contribution in [2.24, 2.45) is 5.84 Å². The van der Waals surface area contributed by atoms with Crippen LogP contribution in [0.3, 0.4) is 0 Å². The first kappa shape index (κ1) is 10.7. The van der Waals surface area contributed by atoms with Crippen LogP contribution in [0.1, 0.15) is 21.5 Å². The molecule has 0 bridgehead atoms. The summed E-state index contributed by atoms with van der Waals surface area (Å²) >= 11 is 0. The van der Waals surface area contributed by atoms with Gasteiger partial charge in [-0.1, -0.05) is 17.7 Å².